The molecule has 0 radical (unpaired) electrons. The van der Waals surface area contributed by atoms with Gasteiger partial charge in [0, 0.05) is 56.1 Å². The molecular formula is C14H20N4OS. The van der Waals surface area contributed by atoms with E-state index >= 15 is 0 Å². The maximum Gasteiger partial charge on any atom is 0.123 e. The summed E-state index contributed by atoms with van der Waals surface area (Å²) >= 11 is 1.68. The molecule has 3 heterocycles. The van der Waals surface area contributed by atoms with Crippen LogP contribution in [0, 0.1) is 0 Å². The zero-order chi connectivity index (χ0) is 13.8. The summed E-state index contributed by atoms with van der Waals surface area (Å²) in [6.07, 6.45) is 4.91. The van der Waals surface area contributed by atoms with E-state index in [9.17, 15) is 0 Å². The van der Waals surface area contributed by atoms with Gasteiger partial charge in [0.05, 0.1) is 6.61 Å². The van der Waals surface area contributed by atoms with E-state index in [0.717, 1.165) is 44.2 Å². The van der Waals surface area contributed by atoms with Gasteiger partial charge in [-0.25, -0.2) is 4.98 Å². The second kappa shape index (κ2) is 6.47. The molecule has 2 aromatic heterocycles. The summed E-state index contributed by atoms with van der Waals surface area (Å²) in [7, 11) is 0. The van der Waals surface area contributed by atoms with E-state index in [1.165, 1.54) is 5.69 Å². The molecular weight excluding hydrogens is 272 g/mol. The van der Waals surface area contributed by atoms with E-state index in [4.69, 9.17) is 4.74 Å². The van der Waals surface area contributed by atoms with Crippen molar-refractivity contribution in [2.45, 2.75) is 26.0 Å². The first-order valence-electron chi connectivity index (χ1n) is 7.11. The summed E-state index contributed by atoms with van der Waals surface area (Å²) in [6.45, 7) is 6.85. The lowest BCUT2D eigenvalue weighted by Gasteiger charge is -2.31. The van der Waals surface area contributed by atoms with Crippen molar-refractivity contribution >= 4 is 11.3 Å². The third kappa shape index (κ3) is 3.08. The normalized spacial score (nSPS) is 20.4. The Balaban J connectivity index is 1.55. The Morgan fingerprint density at radius 1 is 1.45 bits per heavy atom. The number of hydrogen-bond acceptors (Lipinski definition) is 5. The summed E-state index contributed by atoms with van der Waals surface area (Å²) in [6, 6.07) is 2.11. The van der Waals surface area contributed by atoms with Crippen molar-refractivity contribution in [3.8, 4) is 0 Å². The topological polar surface area (TPSA) is 43.2 Å². The van der Waals surface area contributed by atoms with Gasteiger partial charge in [-0.15, -0.1) is 11.3 Å². The molecule has 0 N–H and O–H groups in total. The van der Waals surface area contributed by atoms with Gasteiger partial charge < -0.3 is 4.74 Å². The van der Waals surface area contributed by atoms with Gasteiger partial charge in [-0.2, -0.15) is 5.10 Å². The van der Waals surface area contributed by atoms with E-state index in [2.05, 4.69) is 32.7 Å². The van der Waals surface area contributed by atoms with Crippen molar-refractivity contribution in [1.82, 2.24) is 19.7 Å². The van der Waals surface area contributed by atoms with Crippen LogP contribution in [-0.2, 0) is 17.7 Å². The van der Waals surface area contributed by atoms with Gasteiger partial charge in [0.2, 0.25) is 0 Å². The molecule has 0 bridgehead atoms. The molecule has 0 aromatic carbocycles. The van der Waals surface area contributed by atoms with Crippen LogP contribution in [0.25, 0.3) is 0 Å². The first-order chi connectivity index (χ1) is 9.86. The number of nitrogens with zero attached hydrogens (tertiary/aromatic N) is 4. The highest BCUT2D eigenvalue weighted by Gasteiger charge is 2.23. The fourth-order valence-electron chi connectivity index (χ4n) is 2.58. The van der Waals surface area contributed by atoms with Gasteiger partial charge in [-0.3, -0.25) is 9.58 Å². The number of morpholine rings is 1. The lowest BCUT2D eigenvalue weighted by atomic mass is 10.2. The van der Waals surface area contributed by atoms with Crippen LogP contribution in [0.2, 0.25) is 0 Å². The predicted molar refractivity (Wildman–Crippen MR) is 78.9 cm³/mol. The Morgan fingerprint density at radius 3 is 3.20 bits per heavy atom. The van der Waals surface area contributed by atoms with Gasteiger partial charge >= 0.3 is 0 Å². The highest BCUT2D eigenvalue weighted by atomic mass is 32.1. The average Bonchev–Trinajstić information content (AvgIpc) is 3.16. The highest BCUT2D eigenvalue weighted by molar-refractivity contribution is 7.09. The third-order valence-corrected chi connectivity index (χ3v) is 4.53. The monoisotopic (exact) mass is 292 g/mol. The van der Waals surface area contributed by atoms with Crippen LogP contribution in [0.3, 0.4) is 0 Å². The SMILES string of the molecule is CCn1nccc1CCN1CCOC(c2nccs2)C1. The summed E-state index contributed by atoms with van der Waals surface area (Å²) in [5.41, 5.74) is 1.31. The molecule has 1 atom stereocenters. The molecule has 6 heteroatoms. The predicted octanol–water partition coefficient (Wildman–Crippen LogP) is 1.98. The summed E-state index contributed by atoms with van der Waals surface area (Å²) < 4.78 is 7.89. The van der Waals surface area contributed by atoms with Crippen molar-refractivity contribution in [2.24, 2.45) is 0 Å². The zero-order valence-electron chi connectivity index (χ0n) is 11.7. The molecule has 1 aliphatic heterocycles. The molecule has 1 saturated heterocycles. The van der Waals surface area contributed by atoms with Crippen LogP contribution in [0.4, 0.5) is 0 Å². The Bertz CT molecular complexity index is 525. The van der Waals surface area contributed by atoms with Gasteiger partial charge in [0.25, 0.3) is 0 Å². The third-order valence-electron chi connectivity index (χ3n) is 3.67. The number of hydrogen-bond donors (Lipinski definition) is 0. The van der Waals surface area contributed by atoms with E-state index in [-0.39, 0.29) is 6.10 Å². The minimum absolute atomic E-state index is 0.139. The molecule has 108 valence electrons. The van der Waals surface area contributed by atoms with E-state index in [1.807, 2.05) is 17.8 Å². The lowest BCUT2D eigenvalue weighted by Crippen LogP contribution is -2.39. The zero-order valence-corrected chi connectivity index (χ0v) is 12.6. The van der Waals surface area contributed by atoms with Crippen LogP contribution in [0.1, 0.15) is 23.7 Å². The van der Waals surface area contributed by atoms with Crippen molar-refractivity contribution in [3.63, 3.8) is 0 Å². The molecule has 0 saturated carbocycles. The second-order valence-electron chi connectivity index (χ2n) is 4.92. The van der Waals surface area contributed by atoms with Crippen LogP contribution < -0.4 is 0 Å². The minimum Gasteiger partial charge on any atom is -0.368 e. The van der Waals surface area contributed by atoms with Crippen molar-refractivity contribution in [1.29, 1.82) is 0 Å². The first-order valence-corrected chi connectivity index (χ1v) is 7.99. The van der Waals surface area contributed by atoms with Crippen molar-refractivity contribution < 1.29 is 4.74 Å². The summed E-state index contributed by atoms with van der Waals surface area (Å²) in [5.74, 6) is 0. The van der Waals surface area contributed by atoms with E-state index in [0.29, 0.717) is 0 Å². The Labute approximate surface area is 123 Å². The van der Waals surface area contributed by atoms with Crippen LogP contribution >= 0.6 is 11.3 Å². The van der Waals surface area contributed by atoms with Crippen LogP contribution in [0.5, 0.6) is 0 Å². The standard InChI is InChI=1S/C14H20N4OS/c1-2-18-12(3-5-16-18)4-7-17-8-9-19-13(11-17)14-15-6-10-20-14/h3,5-6,10,13H,2,4,7-9,11H2,1H3. The fourth-order valence-corrected chi connectivity index (χ4v) is 3.26. The highest BCUT2D eigenvalue weighted by Crippen LogP contribution is 2.23. The Kier molecular flexibility index (Phi) is 4.44. The van der Waals surface area contributed by atoms with Crippen molar-refractivity contribution in [2.75, 3.05) is 26.2 Å². The summed E-state index contributed by atoms with van der Waals surface area (Å²) in [4.78, 5) is 6.83. The van der Waals surface area contributed by atoms with Crippen LogP contribution in [0.15, 0.2) is 23.8 Å². The molecule has 20 heavy (non-hydrogen) atoms. The quantitative estimate of drug-likeness (QED) is 0.845. The maximum atomic E-state index is 5.82. The molecule has 1 unspecified atom stereocenters. The Morgan fingerprint density at radius 2 is 2.40 bits per heavy atom. The van der Waals surface area contributed by atoms with Gasteiger partial charge in [0.15, 0.2) is 0 Å². The average molecular weight is 292 g/mol. The van der Waals surface area contributed by atoms with Gasteiger partial charge in [0.1, 0.15) is 11.1 Å². The number of aromatic nitrogens is 3. The molecule has 3 rings (SSSR count). The number of ether oxygens (including phenoxy) is 1. The molecule has 0 spiro atoms. The lowest BCUT2D eigenvalue weighted by molar-refractivity contribution is -0.0297. The molecule has 1 fully saturated rings. The maximum absolute atomic E-state index is 5.82. The number of rotatable bonds is 5. The largest absolute Gasteiger partial charge is 0.368 e. The smallest absolute Gasteiger partial charge is 0.123 e. The molecule has 5 nitrogen and oxygen atoms in total. The molecule has 0 amide bonds. The minimum atomic E-state index is 0.139. The molecule has 0 aliphatic carbocycles. The first kappa shape index (κ1) is 13.7. The molecule has 1 aliphatic rings. The van der Waals surface area contributed by atoms with Crippen LogP contribution in [-0.4, -0.2) is 45.9 Å². The Hall–Kier alpha value is -1.24. The van der Waals surface area contributed by atoms with Crippen molar-refractivity contribution in [3.05, 3.63) is 34.5 Å². The van der Waals surface area contributed by atoms with E-state index < -0.39 is 0 Å². The van der Waals surface area contributed by atoms with E-state index in [1.54, 1.807) is 11.3 Å². The number of thiazole rings is 1. The van der Waals surface area contributed by atoms with Gasteiger partial charge in [-0.05, 0) is 13.0 Å². The fraction of sp³-hybridized carbons (Fsp3) is 0.571. The second-order valence-corrected chi connectivity index (χ2v) is 5.84. The van der Waals surface area contributed by atoms with Gasteiger partial charge in [-0.1, -0.05) is 0 Å². The number of aryl methyl sites for hydroxylation is 1. The molecule has 2 aromatic rings. The summed E-state index contributed by atoms with van der Waals surface area (Å²) in [5, 5.41) is 7.42.